The molecule has 0 saturated carbocycles. The fourth-order valence-corrected chi connectivity index (χ4v) is 3.70. The van der Waals surface area contributed by atoms with Gasteiger partial charge in [-0.15, -0.1) is 0 Å². The molecule has 146 valence electrons. The van der Waals surface area contributed by atoms with Gasteiger partial charge < -0.3 is 5.32 Å². The lowest BCUT2D eigenvalue weighted by atomic mass is 10.1. The van der Waals surface area contributed by atoms with Crippen molar-refractivity contribution in [3.8, 4) is 0 Å². The van der Waals surface area contributed by atoms with Crippen LogP contribution in [-0.2, 0) is 21.2 Å². The summed E-state index contributed by atoms with van der Waals surface area (Å²) < 4.78 is 52.2. The molecule has 1 amide bonds. The number of carbonyl (C=O) groups is 1. The third-order valence-electron chi connectivity index (χ3n) is 4.07. The second-order valence-electron chi connectivity index (χ2n) is 6.08. The van der Waals surface area contributed by atoms with Crippen molar-refractivity contribution in [2.24, 2.45) is 0 Å². The molecule has 0 radical (unpaired) electrons. The van der Waals surface area contributed by atoms with Crippen molar-refractivity contribution in [2.45, 2.75) is 24.2 Å². The van der Waals surface area contributed by atoms with Crippen LogP contribution < -0.4 is 5.32 Å². The average Bonchev–Trinajstić information content (AvgIpc) is 2.63. The fraction of sp³-hybridized carbons (Fsp3) is 0.316. The number of hydrogen-bond acceptors (Lipinski definition) is 3. The number of rotatable bonds is 9. The molecule has 27 heavy (non-hydrogen) atoms. The summed E-state index contributed by atoms with van der Waals surface area (Å²) in [5.74, 6) is -1.04. The summed E-state index contributed by atoms with van der Waals surface area (Å²) in [6.07, 6.45) is 0.875. The third kappa shape index (κ3) is 6.11. The molecule has 0 heterocycles. The van der Waals surface area contributed by atoms with Gasteiger partial charge in [0.2, 0.25) is 15.9 Å². The smallest absolute Gasteiger partial charge is 0.242 e. The molecular formula is C19H22F2N2O3S. The third-order valence-corrected chi connectivity index (χ3v) is 5.94. The molecule has 0 aromatic heterocycles. The standard InChI is InChI=1S/C19H22F2N2O3S/c1-23(27(25,26)17-10-8-16(20)9-11-17)14-4-7-19(24)22-13-12-15-5-2-3-6-18(15)21/h2-3,5-6,8-11H,4,7,12-14H2,1H3,(H,22,24). The summed E-state index contributed by atoms with van der Waals surface area (Å²) in [7, 11) is -2.31. The SMILES string of the molecule is CN(CCCC(=O)NCCc1ccccc1F)S(=O)(=O)c1ccc(F)cc1. The van der Waals surface area contributed by atoms with Gasteiger partial charge in [0.15, 0.2) is 0 Å². The maximum atomic E-state index is 13.5. The first kappa shape index (κ1) is 21.0. The van der Waals surface area contributed by atoms with Crippen molar-refractivity contribution in [1.29, 1.82) is 0 Å². The van der Waals surface area contributed by atoms with Crippen molar-refractivity contribution in [2.75, 3.05) is 20.1 Å². The van der Waals surface area contributed by atoms with Crippen LogP contribution in [0.1, 0.15) is 18.4 Å². The Balaban J connectivity index is 1.74. The van der Waals surface area contributed by atoms with E-state index < -0.39 is 15.8 Å². The Morgan fingerprint density at radius 2 is 1.74 bits per heavy atom. The summed E-state index contributed by atoms with van der Waals surface area (Å²) >= 11 is 0. The monoisotopic (exact) mass is 396 g/mol. The van der Waals surface area contributed by atoms with Gasteiger partial charge in [0.25, 0.3) is 0 Å². The number of sulfonamides is 1. The fourth-order valence-electron chi connectivity index (χ4n) is 2.50. The van der Waals surface area contributed by atoms with Gasteiger partial charge in [-0.05, 0) is 48.7 Å². The van der Waals surface area contributed by atoms with E-state index in [1.807, 2.05) is 0 Å². The lowest BCUT2D eigenvalue weighted by molar-refractivity contribution is -0.121. The van der Waals surface area contributed by atoms with Gasteiger partial charge in [0, 0.05) is 26.6 Å². The topological polar surface area (TPSA) is 66.5 Å². The summed E-state index contributed by atoms with van der Waals surface area (Å²) in [6.45, 7) is 0.462. The van der Waals surface area contributed by atoms with E-state index >= 15 is 0 Å². The summed E-state index contributed by atoms with van der Waals surface area (Å²) in [6, 6.07) is 11.0. The normalized spacial score (nSPS) is 11.6. The van der Waals surface area contributed by atoms with E-state index in [2.05, 4.69) is 5.32 Å². The highest BCUT2D eigenvalue weighted by molar-refractivity contribution is 7.89. The highest BCUT2D eigenvalue weighted by Crippen LogP contribution is 2.15. The molecule has 8 heteroatoms. The first-order valence-electron chi connectivity index (χ1n) is 8.52. The predicted molar refractivity (Wildman–Crippen MR) is 98.6 cm³/mol. The van der Waals surface area contributed by atoms with Crippen LogP contribution in [-0.4, -0.2) is 38.8 Å². The molecule has 0 bridgehead atoms. The Morgan fingerprint density at radius 1 is 1.07 bits per heavy atom. The molecule has 5 nitrogen and oxygen atoms in total. The van der Waals surface area contributed by atoms with Gasteiger partial charge >= 0.3 is 0 Å². The van der Waals surface area contributed by atoms with Crippen LogP contribution in [0.3, 0.4) is 0 Å². The van der Waals surface area contributed by atoms with Crippen LogP contribution in [0.4, 0.5) is 8.78 Å². The van der Waals surface area contributed by atoms with E-state index in [0.29, 0.717) is 24.9 Å². The quantitative estimate of drug-likeness (QED) is 0.709. The summed E-state index contributed by atoms with van der Waals surface area (Å²) in [5, 5.41) is 2.69. The Hall–Kier alpha value is -2.32. The molecule has 0 aliphatic heterocycles. The first-order valence-corrected chi connectivity index (χ1v) is 9.97. The molecule has 0 aliphatic rings. The van der Waals surface area contributed by atoms with Crippen LogP contribution in [0.5, 0.6) is 0 Å². The van der Waals surface area contributed by atoms with Gasteiger partial charge in [0.05, 0.1) is 4.90 Å². The second-order valence-corrected chi connectivity index (χ2v) is 8.12. The van der Waals surface area contributed by atoms with Crippen molar-refractivity contribution in [3.05, 3.63) is 65.7 Å². The van der Waals surface area contributed by atoms with E-state index in [4.69, 9.17) is 0 Å². The molecule has 0 atom stereocenters. The first-order chi connectivity index (χ1) is 12.8. The minimum absolute atomic E-state index is 0.000684. The van der Waals surface area contributed by atoms with Gasteiger partial charge in [-0.3, -0.25) is 4.79 Å². The molecule has 0 spiro atoms. The van der Waals surface area contributed by atoms with Crippen molar-refractivity contribution >= 4 is 15.9 Å². The average molecular weight is 396 g/mol. The van der Waals surface area contributed by atoms with Crippen molar-refractivity contribution in [3.63, 3.8) is 0 Å². The van der Waals surface area contributed by atoms with Crippen LogP contribution in [0, 0.1) is 11.6 Å². The van der Waals surface area contributed by atoms with E-state index in [1.165, 1.54) is 25.2 Å². The molecule has 0 unspecified atom stereocenters. The van der Waals surface area contributed by atoms with Gasteiger partial charge in [-0.1, -0.05) is 18.2 Å². The highest BCUT2D eigenvalue weighted by atomic mass is 32.2. The number of nitrogens with one attached hydrogen (secondary N) is 1. The molecule has 2 aromatic carbocycles. The zero-order valence-corrected chi connectivity index (χ0v) is 15.8. The minimum atomic E-state index is -3.72. The molecule has 2 aromatic rings. The van der Waals surface area contributed by atoms with E-state index in [-0.39, 0.29) is 29.6 Å². The molecule has 2 rings (SSSR count). The van der Waals surface area contributed by atoms with Crippen LogP contribution in [0.15, 0.2) is 53.4 Å². The predicted octanol–water partition coefficient (Wildman–Crippen LogP) is 2.72. The second kappa shape index (κ2) is 9.57. The zero-order valence-electron chi connectivity index (χ0n) is 15.0. The molecule has 0 saturated heterocycles. The minimum Gasteiger partial charge on any atom is -0.356 e. The Bertz CT molecular complexity index is 871. The van der Waals surface area contributed by atoms with Crippen molar-refractivity contribution in [1.82, 2.24) is 9.62 Å². The Morgan fingerprint density at radius 3 is 2.41 bits per heavy atom. The number of halogens is 2. The van der Waals surface area contributed by atoms with Crippen molar-refractivity contribution < 1.29 is 22.0 Å². The number of amides is 1. The largest absolute Gasteiger partial charge is 0.356 e. The Labute approximate surface area is 158 Å². The zero-order chi connectivity index (χ0) is 19.9. The maximum absolute atomic E-state index is 13.5. The Kier molecular flexibility index (Phi) is 7.44. The number of hydrogen-bond donors (Lipinski definition) is 1. The van der Waals surface area contributed by atoms with E-state index in [1.54, 1.807) is 18.2 Å². The summed E-state index contributed by atoms with van der Waals surface area (Å²) in [4.78, 5) is 11.8. The van der Waals surface area contributed by atoms with Gasteiger partial charge in [0.1, 0.15) is 11.6 Å². The van der Waals surface area contributed by atoms with Crippen LogP contribution in [0.2, 0.25) is 0 Å². The number of benzene rings is 2. The van der Waals surface area contributed by atoms with Gasteiger partial charge in [-0.25, -0.2) is 21.5 Å². The lowest BCUT2D eigenvalue weighted by Crippen LogP contribution is -2.30. The van der Waals surface area contributed by atoms with E-state index in [0.717, 1.165) is 16.4 Å². The van der Waals surface area contributed by atoms with Crippen LogP contribution in [0.25, 0.3) is 0 Å². The van der Waals surface area contributed by atoms with Gasteiger partial charge in [-0.2, -0.15) is 0 Å². The number of nitrogens with zero attached hydrogens (tertiary/aromatic N) is 1. The molecule has 0 aliphatic carbocycles. The molecular weight excluding hydrogens is 374 g/mol. The van der Waals surface area contributed by atoms with E-state index in [9.17, 15) is 22.0 Å². The molecule has 0 fully saturated rings. The molecule has 1 N–H and O–H groups in total. The lowest BCUT2D eigenvalue weighted by Gasteiger charge is -2.17. The highest BCUT2D eigenvalue weighted by Gasteiger charge is 2.20. The number of carbonyl (C=O) groups excluding carboxylic acids is 1. The summed E-state index contributed by atoms with van der Waals surface area (Å²) in [5.41, 5.74) is 0.530. The van der Waals surface area contributed by atoms with Crippen LogP contribution >= 0.6 is 0 Å². The maximum Gasteiger partial charge on any atom is 0.242 e.